The second-order valence-corrected chi connectivity index (χ2v) is 28.1. The first-order chi connectivity index (χ1) is 35.4. The van der Waals surface area contributed by atoms with E-state index in [2.05, 4.69) is 122 Å². The van der Waals surface area contributed by atoms with Crippen molar-refractivity contribution in [1.29, 1.82) is 0 Å². The highest BCUT2D eigenvalue weighted by Crippen LogP contribution is 2.37. The van der Waals surface area contributed by atoms with Crippen molar-refractivity contribution in [3.63, 3.8) is 0 Å². The van der Waals surface area contributed by atoms with Crippen LogP contribution >= 0.6 is 0 Å². The van der Waals surface area contributed by atoms with Crippen LogP contribution in [0.1, 0.15) is 314 Å². The number of hydrogen-bond acceptors (Lipinski definition) is 8. The molecule has 0 amide bonds. The maximum absolute atomic E-state index is 10.8. The summed E-state index contributed by atoms with van der Waals surface area (Å²) in [6.07, 6.45) is 15.8. The maximum Gasteiger partial charge on any atom is 0.137 e. The van der Waals surface area contributed by atoms with Crippen LogP contribution in [0.5, 0.6) is 0 Å². The van der Waals surface area contributed by atoms with E-state index in [1.807, 2.05) is 159 Å². The highest BCUT2D eigenvalue weighted by molar-refractivity contribution is 5.83. The van der Waals surface area contributed by atoms with Crippen LogP contribution in [0.4, 0.5) is 0 Å². The molecule has 2 aliphatic rings. The molecule has 482 valence electrons. The SMILES string of the molecule is CC(C)C(=O)C(C)C.CC(C)C(O)C(C)C.CC(C)C1OC1C.CC=CC(C)C.CCC(=O)C(C)(C)C.CCC(=O)C(C)C.CCC(O)C(C)(C)C.CCC(O)C(C)C.CCC1OC1(C)C.CCC=C(C)C.CCCC(C)(C)C. The van der Waals surface area contributed by atoms with Crippen molar-refractivity contribution in [2.45, 2.75) is 357 Å². The van der Waals surface area contributed by atoms with E-state index < -0.39 is 0 Å². The van der Waals surface area contributed by atoms with Crippen molar-refractivity contribution in [3.8, 4) is 0 Å². The summed E-state index contributed by atoms with van der Waals surface area (Å²) in [6, 6.07) is 0. The smallest absolute Gasteiger partial charge is 0.137 e. The first-order valence-corrected chi connectivity index (χ1v) is 31.6. The first-order valence-electron chi connectivity index (χ1n) is 31.6. The van der Waals surface area contributed by atoms with Crippen LogP contribution in [0, 0.1) is 63.6 Å². The third-order valence-corrected chi connectivity index (χ3v) is 12.4. The lowest BCUT2D eigenvalue weighted by Gasteiger charge is -2.24. The van der Waals surface area contributed by atoms with E-state index in [0.717, 1.165) is 31.1 Å². The van der Waals surface area contributed by atoms with Crippen molar-refractivity contribution in [1.82, 2.24) is 0 Å². The van der Waals surface area contributed by atoms with Gasteiger partial charge in [-0.15, -0.1) is 0 Å². The summed E-state index contributed by atoms with van der Waals surface area (Å²) in [5.41, 5.74) is 2.12. The van der Waals surface area contributed by atoms with Crippen LogP contribution in [-0.4, -0.2) is 74.9 Å². The third kappa shape index (κ3) is 78.4. The molecule has 8 heteroatoms. The van der Waals surface area contributed by atoms with E-state index in [9.17, 15) is 24.6 Å². The van der Waals surface area contributed by atoms with Gasteiger partial charge in [0.25, 0.3) is 0 Å². The summed E-state index contributed by atoms with van der Waals surface area (Å²) in [6.45, 7) is 78.2. The van der Waals surface area contributed by atoms with Gasteiger partial charge in [-0.1, -0.05) is 252 Å². The molecule has 0 aliphatic carbocycles. The Labute approximate surface area is 498 Å². The molecule has 5 atom stereocenters. The fraction of sp³-hybridized carbons (Fsp3) is 0.901. The molecule has 2 fully saturated rings. The number of ketones is 3. The average Bonchev–Trinajstić information content (AvgIpc) is 4.21. The van der Waals surface area contributed by atoms with Gasteiger partial charge in [0.15, 0.2) is 0 Å². The van der Waals surface area contributed by atoms with Gasteiger partial charge in [0.05, 0.1) is 42.2 Å². The lowest BCUT2D eigenvalue weighted by atomic mass is 9.88. The minimum absolute atomic E-state index is 0.0642. The van der Waals surface area contributed by atoms with Gasteiger partial charge in [-0.2, -0.15) is 0 Å². The molecule has 0 bridgehead atoms. The number of Topliss-reactive ketones (excluding diaryl/α,β-unsaturated/α-hetero) is 3. The summed E-state index contributed by atoms with van der Waals surface area (Å²) in [5, 5.41) is 27.3. The topological polar surface area (TPSA) is 137 Å². The molecule has 0 aromatic carbocycles. The number of epoxide rings is 2. The van der Waals surface area contributed by atoms with Crippen LogP contribution in [0.3, 0.4) is 0 Å². The van der Waals surface area contributed by atoms with Crippen molar-refractivity contribution in [2.75, 3.05) is 0 Å². The van der Waals surface area contributed by atoms with E-state index >= 15 is 0 Å². The predicted molar refractivity (Wildman–Crippen MR) is 354 cm³/mol. The van der Waals surface area contributed by atoms with Gasteiger partial charge in [0, 0.05) is 36.0 Å². The number of hydrogen-bond donors (Lipinski definition) is 3. The van der Waals surface area contributed by atoms with Crippen LogP contribution in [-0.2, 0) is 23.9 Å². The number of carbonyl (C=O) groups excluding carboxylic acids is 3. The molecule has 79 heavy (non-hydrogen) atoms. The highest BCUT2D eigenvalue weighted by atomic mass is 16.6. The molecule has 3 N–H and O–H groups in total. The molecule has 2 rings (SSSR count). The minimum Gasteiger partial charge on any atom is -0.393 e. The Hall–Kier alpha value is -1.71. The summed E-state index contributed by atoms with van der Waals surface area (Å²) in [7, 11) is 0. The average molecular weight is 1130 g/mol. The molecular weight excluding hydrogens is 981 g/mol. The summed E-state index contributed by atoms with van der Waals surface area (Å²) < 4.78 is 10.4. The predicted octanol–water partition coefficient (Wildman–Crippen LogP) is 20.8. The van der Waals surface area contributed by atoms with E-state index in [0.29, 0.717) is 71.7 Å². The largest absolute Gasteiger partial charge is 0.393 e. The number of aliphatic hydroxyl groups is 3. The molecule has 2 saturated heterocycles. The van der Waals surface area contributed by atoms with E-state index in [1.165, 1.54) is 24.8 Å². The van der Waals surface area contributed by atoms with Gasteiger partial charge in [0.1, 0.15) is 17.3 Å². The van der Waals surface area contributed by atoms with Crippen LogP contribution in [0.25, 0.3) is 0 Å². The molecule has 0 aromatic rings. The molecular formula is C71H150O8. The summed E-state index contributed by atoms with van der Waals surface area (Å²) >= 11 is 0. The van der Waals surface area contributed by atoms with Gasteiger partial charge < -0.3 is 24.8 Å². The van der Waals surface area contributed by atoms with Crippen molar-refractivity contribution < 1.29 is 39.2 Å². The summed E-state index contributed by atoms with van der Waals surface area (Å²) in [5.74, 6) is 4.32. The van der Waals surface area contributed by atoms with Gasteiger partial charge >= 0.3 is 0 Å². The van der Waals surface area contributed by atoms with E-state index in [1.54, 1.807) is 0 Å². The van der Waals surface area contributed by atoms with Gasteiger partial charge in [-0.3, -0.25) is 14.4 Å². The molecule has 0 radical (unpaired) electrons. The van der Waals surface area contributed by atoms with E-state index in [-0.39, 0.29) is 52.5 Å². The summed E-state index contributed by atoms with van der Waals surface area (Å²) in [4.78, 5) is 32.2. The van der Waals surface area contributed by atoms with Gasteiger partial charge in [0.2, 0.25) is 0 Å². The standard InChI is InChI=1S/C7H16O.C7H14O.C7H16O.C7H14O.C7H16.2C6H12O.C6H14O.C6H12O.2C6H12/c2*1-5-6(8)7(2,3)4;2*1-5(2)7(8)6(3)4;1-5-6-7(2,3)4;1-4-5-6(2,3)7-5;1-4(2)6-5(3)7-6;2*1-4-6(7)5(2)3;2*1-4-5-6(2)3/h6,8H,5H2,1-4H3;5H2,1-4H3;5-8H,1-4H3;5-6H,1-4H3;5-6H2,1-4H3;5H,4H2,1-3H3;4-6H,1-3H3;5-7H,4H2,1-3H3;5H,4H2,1-3H3;5H,4H2,1-3H3;4-6H,1-3H3. The fourth-order valence-corrected chi connectivity index (χ4v) is 6.81. The quantitative estimate of drug-likeness (QED) is 0.109. The number of carbonyl (C=O) groups is 3. The molecule has 0 spiro atoms. The van der Waals surface area contributed by atoms with Crippen molar-refractivity contribution in [3.05, 3.63) is 23.8 Å². The molecule has 5 unspecified atom stereocenters. The molecule has 2 aliphatic heterocycles. The Balaban J connectivity index is -0.0000000976. The zero-order chi connectivity index (χ0) is 65.6. The Bertz CT molecular complexity index is 1370. The zero-order valence-electron chi connectivity index (χ0n) is 60.9. The lowest BCUT2D eigenvalue weighted by molar-refractivity contribution is -0.126. The second-order valence-electron chi connectivity index (χ2n) is 28.1. The van der Waals surface area contributed by atoms with Gasteiger partial charge in [-0.25, -0.2) is 0 Å². The minimum atomic E-state index is -0.150. The Morgan fingerprint density at radius 2 is 1.01 bits per heavy atom. The monoisotopic (exact) mass is 1130 g/mol. The van der Waals surface area contributed by atoms with E-state index in [4.69, 9.17) is 14.6 Å². The van der Waals surface area contributed by atoms with Crippen molar-refractivity contribution in [2.24, 2.45) is 63.6 Å². The fourth-order valence-electron chi connectivity index (χ4n) is 6.81. The van der Waals surface area contributed by atoms with Crippen LogP contribution < -0.4 is 0 Å². The number of allylic oxidation sites excluding steroid dienone is 4. The molecule has 0 saturated carbocycles. The highest BCUT2D eigenvalue weighted by Gasteiger charge is 2.45. The van der Waals surface area contributed by atoms with Crippen molar-refractivity contribution >= 4 is 17.3 Å². The number of rotatable bonds is 15. The maximum atomic E-state index is 10.8. The van der Waals surface area contributed by atoms with Crippen LogP contribution in [0.2, 0.25) is 0 Å². The first kappa shape index (κ1) is 96.5. The Kier molecular flexibility index (Phi) is 66.2. The molecule has 0 aromatic heterocycles. The molecule has 2 heterocycles. The Morgan fingerprint density at radius 1 is 0.620 bits per heavy atom. The van der Waals surface area contributed by atoms with Crippen LogP contribution in [0.15, 0.2) is 23.8 Å². The van der Waals surface area contributed by atoms with Gasteiger partial charge in [-0.05, 0) is 114 Å². The third-order valence-electron chi connectivity index (χ3n) is 12.4. The number of ether oxygens (including phenoxy) is 2. The number of aliphatic hydroxyl groups excluding tert-OH is 3. The Morgan fingerprint density at radius 3 is 1.01 bits per heavy atom. The second kappa shape index (κ2) is 54.2. The lowest BCUT2D eigenvalue weighted by Crippen LogP contribution is -2.24. The molecule has 8 nitrogen and oxygen atoms in total. The zero-order valence-corrected chi connectivity index (χ0v) is 60.9. The normalized spacial score (nSPS) is 16.5.